The van der Waals surface area contributed by atoms with E-state index >= 15 is 0 Å². The van der Waals surface area contributed by atoms with Gasteiger partial charge < -0.3 is 0 Å². The summed E-state index contributed by atoms with van der Waals surface area (Å²) >= 11 is 0. The Morgan fingerprint density at radius 3 is 2.35 bits per heavy atom. The largest absolute Gasteiger partial charge is 0.328 e. The average molecular weight is 303 g/mol. The maximum atomic E-state index is 11.6. The Kier molecular flexibility index (Phi) is 6.15. The standard InChI is InChI=1S/C12H21N3O4S/c1-2-3-4-5-6-7-8-15-9-10(20(13,18)19)11(16)14-12(15)17/h9H,2-8H2,1H3,(H2,13,18,19)(H,14,16,17). The van der Waals surface area contributed by atoms with Crippen LogP contribution in [0.4, 0.5) is 0 Å². The zero-order valence-electron chi connectivity index (χ0n) is 11.6. The van der Waals surface area contributed by atoms with Crippen molar-refractivity contribution < 1.29 is 8.42 Å². The molecule has 0 aliphatic rings. The average Bonchev–Trinajstić information content (AvgIpc) is 2.34. The summed E-state index contributed by atoms with van der Waals surface area (Å²) in [6.07, 6.45) is 7.30. The van der Waals surface area contributed by atoms with Gasteiger partial charge in [-0.3, -0.25) is 14.3 Å². The molecule has 0 aliphatic heterocycles. The molecule has 0 saturated heterocycles. The Labute approximate surface area is 117 Å². The van der Waals surface area contributed by atoms with Crippen molar-refractivity contribution >= 4 is 10.0 Å². The number of primary sulfonamides is 1. The van der Waals surface area contributed by atoms with Crippen LogP contribution >= 0.6 is 0 Å². The molecule has 0 unspecified atom stereocenters. The molecule has 3 N–H and O–H groups in total. The van der Waals surface area contributed by atoms with Gasteiger partial charge in [-0.05, 0) is 6.42 Å². The number of H-pyrrole nitrogens is 1. The van der Waals surface area contributed by atoms with Crippen LogP contribution in [0.5, 0.6) is 0 Å². The number of hydrogen-bond donors (Lipinski definition) is 2. The molecule has 1 aromatic heterocycles. The molecular formula is C12H21N3O4S. The zero-order valence-corrected chi connectivity index (χ0v) is 12.4. The van der Waals surface area contributed by atoms with Crippen LogP contribution in [0.15, 0.2) is 20.7 Å². The molecule has 0 saturated carbocycles. The second-order valence-corrected chi connectivity index (χ2v) is 6.29. The number of aromatic nitrogens is 2. The number of aryl methyl sites for hydroxylation is 1. The van der Waals surface area contributed by atoms with Crippen LogP contribution in [-0.4, -0.2) is 18.0 Å². The molecule has 20 heavy (non-hydrogen) atoms. The van der Waals surface area contributed by atoms with E-state index in [0.29, 0.717) is 6.54 Å². The van der Waals surface area contributed by atoms with Crippen LogP contribution in [0.1, 0.15) is 45.4 Å². The third-order valence-electron chi connectivity index (χ3n) is 3.04. The summed E-state index contributed by atoms with van der Waals surface area (Å²) in [5, 5.41) is 4.92. The summed E-state index contributed by atoms with van der Waals surface area (Å²) in [6.45, 7) is 2.50. The van der Waals surface area contributed by atoms with E-state index in [1.807, 2.05) is 4.98 Å². The van der Waals surface area contributed by atoms with Gasteiger partial charge in [0.2, 0.25) is 10.0 Å². The fourth-order valence-corrected chi connectivity index (χ4v) is 2.50. The highest BCUT2D eigenvalue weighted by atomic mass is 32.2. The van der Waals surface area contributed by atoms with Gasteiger partial charge in [0, 0.05) is 12.7 Å². The van der Waals surface area contributed by atoms with E-state index in [1.165, 1.54) is 11.0 Å². The molecule has 7 nitrogen and oxygen atoms in total. The lowest BCUT2D eigenvalue weighted by Gasteiger charge is -2.06. The van der Waals surface area contributed by atoms with Crippen molar-refractivity contribution in [3.8, 4) is 0 Å². The van der Waals surface area contributed by atoms with Crippen molar-refractivity contribution in [2.45, 2.75) is 56.9 Å². The number of nitrogens with two attached hydrogens (primary N) is 1. The number of unbranched alkanes of at least 4 members (excludes halogenated alkanes) is 5. The third-order valence-corrected chi connectivity index (χ3v) is 3.94. The molecule has 0 fully saturated rings. The van der Waals surface area contributed by atoms with Crippen molar-refractivity contribution in [3.05, 3.63) is 27.0 Å². The topological polar surface area (TPSA) is 115 Å². The summed E-state index contributed by atoms with van der Waals surface area (Å²) in [6, 6.07) is 0. The lowest BCUT2D eigenvalue weighted by atomic mass is 10.1. The number of aromatic amines is 1. The van der Waals surface area contributed by atoms with Gasteiger partial charge >= 0.3 is 5.69 Å². The normalized spacial score (nSPS) is 11.7. The van der Waals surface area contributed by atoms with Crippen molar-refractivity contribution in [2.24, 2.45) is 5.14 Å². The van der Waals surface area contributed by atoms with Crippen molar-refractivity contribution in [2.75, 3.05) is 0 Å². The van der Waals surface area contributed by atoms with E-state index in [-0.39, 0.29) is 0 Å². The minimum atomic E-state index is -4.12. The monoisotopic (exact) mass is 303 g/mol. The molecule has 0 spiro atoms. The highest BCUT2D eigenvalue weighted by Gasteiger charge is 2.15. The number of nitrogens with one attached hydrogen (secondary N) is 1. The third kappa shape index (κ3) is 4.93. The van der Waals surface area contributed by atoms with Gasteiger partial charge in [0.15, 0.2) is 4.90 Å². The highest BCUT2D eigenvalue weighted by molar-refractivity contribution is 7.89. The van der Waals surface area contributed by atoms with Crippen LogP contribution in [0.2, 0.25) is 0 Å². The van der Waals surface area contributed by atoms with E-state index in [9.17, 15) is 18.0 Å². The van der Waals surface area contributed by atoms with Gasteiger partial charge in [0.1, 0.15) is 0 Å². The van der Waals surface area contributed by atoms with E-state index in [4.69, 9.17) is 5.14 Å². The Bertz CT molecular complexity index is 645. The molecule has 8 heteroatoms. The molecule has 0 aromatic carbocycles. The Morgan fingerprint density at radius 1 is 1.15 bits per heavy atom. The molecule has 0 aliphatic carbocycles. The van der Waals surface area contributed by atoms with Crippen LogP contribution in [0, 0.1) is 0 Å². The Balaban J connectivity index is 2.72. The predicted molar refractivity (Wildman–Crippen MR) is 76.1 cm³/mol. The van der Waals surface area contributed by atoms with Crippen molar-refractivity contribution in [1.29, 1.82) is 0 Å². The van der Waals surface area contributed by atoms with Gasteiger partial charge in [-0.15, -0.1) is 0 Å². The van der Waals surface area contributed by atoms with Crippen LogP contribution in [0.25, 0.3) is 0 Å². The van der Waals surface area contributed by atoms with Crippen molar-refractivity contribution in [1.82, 2.24) is 9.55 Å². The molecule has 0 bridgehead atoms. The van der Waals surface area contributed by atoms with Crippen LogP contribution in [-0.2, 0) is 16.6 Å². The number of nitrogens with zero attached hydrogens (tertiary/aromatic N) is 1. The van der Waals surface area contributed by atoms with E-state index in [0.717, 1.165) is 38.3 Å². The van der Waals surface area contributed by atoms with Gasteiger partial charge in [-0.25, -0.2) is 18.4 Å². The molecule has 1 aromatic rings. The van der Waals surface area contributed by atoms with Gasteiger partial charge in [0.25, 0.3) is 5.56 Å². The summed E-state index contributed by atoms with van der Waals surface area (Å²) < 4.78 is 23.6. The summed E-state index contributed by atoms with van der Waals surface area (Å²) in [5.41, 5.74) is -1.59. The first-order valence-corrected chi connectivity index (χ1v) is 8.27. The first-order chi connectivity index (χ1) is 9.36. The van der Waals surface area contributed by atoms with Crippen LogP contribution < -0.4 is 16.4 Å². The summed E-state index contributed by atoms with van der Waals surface area (Å²) in [4.78, 5) is 24.3. The zero-order chi connectivity index (χ0) is 15.2. The maximum absolute atomic E-state index is 11.6. The van der Waals surface area contributed by atoms with E-state index in [1.54, 1.807) is 0 Å². The predicted octanol–water partition coefficient (Wildman–Crippen LogP) is 0.545. The SMILES string of the molecule is CCCCCCCCn1cc(S(N)(=O)=O)c(=O)[nH]c1=O. The fraction of sp³-hybridized carbons (Fsp3) is 0.667. The molecule has 1 heterocycles. The Morgan fingerprint density at radius 2 is 1.75 bits per heavy atom. The quantitative estimate of drug-likeness (QED) is 0.682. The number of hydrogen-bond acceptors (Lipinski definition) is 4. The molecule has 0 amide bonds. The van der Waals surface area contributed by atoms with Crippen molar-refractivity contribution in [3.63, 3.8) is 0 Å². The van der Waals surface area contributed by atoms with E-state index in [2.05, 4.69) is 6.92 Å². The van der Waals surface area contributed by atoms with E-state index < -0.39 is 26.2 Å². The number of rotatable bonds is 8. The molecular weight excluding hydrogens is 282 g/mol. The molecule has 0 radical (unpaired) electrons. The Hall–Kier alpha value is -1.41. The molecule has 0 atom stereocenters. The second kappa shape index (κ2) is 7.39. The minimum absolute atomic E-state index is 0.365. The first kappa shape index (κ1) is 16.6. The lowest BCUT2D eigenvalue weighted by Crippen LogP contribution is -2.34. The van der Waals surface area contributed by atoms with Crippen LogP contribution in [0.3, 0.4) is 0 Å². The smallest absolute Gasteiger partial charge is 0.299 e. The maximum Gasteiger partial charge on any atom is 0.328 e. The highest BCUT2D eigenvalue weighted by Crippen LogP contribution is 2.06. The van der Waals surface area contributed by atoms with Gasteiger partial charge in [-0.1, -0.05) is 39.0 Å². The minimum Gasteiger partial charge on any atom is -0.299 e. The molecule has 114 valence electrons. The number of sulfonamides is 1. The fourth-order valence-electron chi connectivity index (χ4n) is 1.92. The van der Waals surface area contributed by atoms with Gasteiger partial charge in [-0.2, -0.15) is 0 Å². The lowest BCUT2D eigenvalue weighted by molar-refractivity contribution is 0.535. The molecule has 1 rings (SSSR count). The first-order valence-electron chi connectivity index (χ1n) is 6.73. The van der Waals surface area contributed by atoms with Gasteiger partial charge in [0.05, 0.1) is 0 Å². The summed E-state index contributed by atoms with van der Waals surface area (Å²) in [7, 11) is -4.12. The summed E-state index contributed by atoms with van der Waals surface area (Å²) in [5.74, 6) is 0. The second-order valence-electron chi connectivity index (χ2n) is 4.76.